The zero-order chi connectivity index (χ0) is 29.2. The number of aryl methyl sites for hydroxylation is 1. The van der Waals surface area contributed by atoms with Gasteiger partial charge in [-0.15, -0.1) is 0 Å². The number of anilines is 2. The number of rotatable bonds is 7. The van der Waals surface area contributed by atoms with Crippen molar-refractivity contribution in [2.45, 2.75) is 44.8 Å². The number of ether oxygens (including phenoxy) is 3. The Morgan fingerprint density at radius 3 is 2.53 bits per heavy atom. The molecule has 0 atom stereocenters. The van der Waals surface area contributed by atoms with Gasteiger partial charge in [-0.05, 0) is 50.8 Å². The van der Waals surface area contributed by atoms with E-state index >= 15 is 0 Å². The summed E-state index contributed by atoms with van der Waals surface area (Å²) in [6.45, 7) is 8.39. The minimum atomic E-state index is -0.402. The molecule has 0 unspecified atom stereocenters. The highest BCUT2D eigenvalue weighted by molar-refractivity contribution is 7.22. The third-order valence-corrected chi connectivity index (χ3v) is 9.28. The van der Waals surface area contributed by atoms with Gasteiger partial charge in [-0.25, -0.2) is 4.98 Å². The summed E-state index contributed by atoms with van der Waals surface area (Å²) in [5.74, 6) is 0.332. The quantitative estimate of drug-likeness (QED) is 0.326. The SMILES string of the molecule is Cc1cc(-c2nc(C(=O)Nc3cc4sc(N5CCOCC5)nc4nc3OC3CCC(N4CCOCC4)CC3)co2)ccn1. The molecule has 0 spiro atoms. The molecule has 226 valence electrons. The molecule has 1 saturated carbocycles. The second-order valence-electron chi connectivity index (χ2n) is 11.1. The molecule has 3 aliphatic rings. The molecule has 12 nitrogen and oxygen atoms in total. The number of amides is 1. The van der Waals surface area contributed by atoms with E-state index in [4.69, 9.17) is 28.6 Å². The van der Waals surface area contributed by atoms with E-state index in [1.165, 1.54) is 6.26 Å². The predicted molar refractivity (Wildman–Crippen MR) is 162 cm³/mol. The van der Waals surface area contributed by atoms with Gasteiger partial charge in [-0.1, -0.05) is 11.3 Å². The van der Waals surface area contributed by atoms with Gasteiger partial charge in [-0.2, -0.15) is 9.97 Å². The maximum absolute atomic E-state index is 13.4. The monoisotopic (exact) mass is 605 g/mol. The molecule has 0 bridgehead atoms. The smallest absolute Gasteiger partial charge is 0.277 e. The van der Waals surface area contributed by atoms with Crippen molar-refractivity contribution in [3.63, 3.8) is 0 Å². The molecule has 2 aliphatic heterocycles. The van der Waals surface area contributed by atoms with Gasteiger partial charge in [0.1, 0.15) is 18.1 Å². The van der Waals surface area contributed by atoms with Crippen LogP contribution in [0.5, 0.6) is 5.88 Å². The Balaban J connectivity index is 1.12. The fourth-order valence-electron chi connectivity index (χ4n) is 5.91. The number of nitrogens with one attached hydrogen (secondary N) is 1. The van der Waals surface area contributed by atoms with E-state index < -0.39 is 5.91 Å². The maximum Gasteiger partial charge on any atom is 0.277 e. The molecular weight excluding hydrogens is 570 g/mol. The number of fused-ring (bicyclic) bond motifs is 1. The molecule has 0 aromatic carbocycles. The minimum absolute atomic E-state index is 0.00354. The lowest BCUT2D eigenvalue weighted by molar-refractivity contribution is -0.00130. The van der Waals surface area contributed by atoms with Gasteiger partial charge in [0, 0.05) is 49.7 Å². The lowest BCUT2D eigenvalue weighted by atomic mass is 9.91. The number of carbonyl (C=O) groups is 1. The number of hydrogen-bond donors (Lipinski definition) is 1. The molecule has 43 heavy (non-hydrogen) atoms. The third-order valence-electron chi connectivity index (χ3n) is 8.23. The number of pyridine rings is 2. The van der Waals surface area contributed by atoms with Crippen molar-refractivity contribution in [2.75, 3.05) is 62.8 Å². The Morgan fingerprint density at radius 1 is 1.00 bits per heavy atom. The Hall–Kier alpha value is -3.65. The number of oxazole rings is 1. The van der Waals surface area contributed by atoms with Crippen LogP contribution >= 0.6 is 11.3 Å². The van der Waals surface area contributed by atoms with Crippen LogP contribution in [0.15, 0.2) is 35.1 Å². The lowest BCUT2D eigenvalue weighted by Gasteiger charge is -2.38. The van der Waals surface area contributed by atoms with E-state index in [2.05, 4.69) is 25.1 Å². The van der Waals surface area contributed by atoms with Gasteiger partial charge >= 0.3 is 0 Å². The van der Waals surface area contributed by atoms with Crippen molar-refractivity contribution in [2.24, 2.45) is 0 Å². The predicted octanol–water partition coefficient (Wildman–Crippen LogP) is 4.16. The van der Waals surface area contributed by atoms with E-state index in [-0.39, 0.29) is 11.8 Å². The van der Waals surface area contributed by atoms with Crippen LogP contribution in [0.4, 0.5) is 10.8 Å². The standard InChI is InChI=1S/C30H35N7O5S/c1-19-16-20(6-7-31-19)28-33-24(18-41-28)27(38)32-23-17-25-26(35-30(43-25)37-10-14-40-15-11-37)34-29(23)42-22-4-2-21(3-5-22)36-8-12-39-13-9-36/h6-7,16-18,21-22H,2-5,8-15H2,1H3,(H,32,38). The average Bonchev–Trinajstić information content (AvgIpc) is 3.70. The zero-order valence-corrected chi connectivity index (χ0v) is 25.0. The van der Waals surface area contributed by atoms with E-state index in [0.717, 1.165) is 86.2 Å². The molecule has 1 N–H and O–H groups in total. The number of hydrogen-bond acceptors (Lipinski definition) is 12. The fraction of sp³-hybridized carbons (Fsp3) is 0.500. The van der Waals surface area contributed by atoms with E-state index in [1.54, 1.807) is 23.6 Å². The molecule has 2 saturated heterocycles. The molecule has 1 amide bonds. The molecule has 3 fully saturated rings. The highest BCUT2D eigenvalue weighted by Crippen LogP contribution is 2.36. The molecule has 1 aliphatic carbocycles. The normalized spacial score (nSPS) is 21.7. The number of carbonyl (C=O) groups excluding carboxylic acids is 1. The summed E-state index contributed by atoms with van der Waals surface area (Å²) in [6, 6.07) is 6.12. The third kappa shape index (κ3) is 6.35. The van der Waals surface area contributed by atoms with Crippen LogP contribution in [0.3, 0.4) is 0 Å². The maximum atomic E-state index is 13.4. The van der Waals surface area contributed by atoms with Crippen molar-refractivity contribution < 1.29 is 23.4 Å². The molecule has 7 rings (SSSR count). The summed E-state index contributed by atoms with van der Waals surface area (Å²) in [7, 11) is 0. The largest absolute Gasteiger partial charge is 0.473 e. The van der Waals surface area contributed by atoms with Gasteiger partial charge in [0.05, 0.1) is 31.1 Å². The van der Waals surface area contributed by atoms with Crippen LogP contribution in [-0.4, -0.2) is 95.5 Å². The van der Waals surface area contributed by atoms with Crippen LogP contribution < -0.4 is 15.0 Å². The molecular formula is C30H35N7O5S. The van der Waals surface area contributed by atoms with Gasteiger partial charge < -0.3 is 28.8 Å². The highest BCUT2D eigenvalue weighted by Gasteiger charge is 2.29. The topological polar surface area (TPSA) is 128 Å². The Morgan fingerprint density at radius 2 is 1.77 bits per heavy atom. The van der Waals surface area contributed by atoms with Gasteiger partial charge in [0.25, 0.3) is 5.91 Å². The number of thiazole rings is 1. The van der Waals surface area contributed by atoms with Crippen LogP contribution in [0, 0.1) is 6.92 Å². The second-order valence-corrected chi connectivity index (χ2v) is 12.1. The van der Waals surface area contributed by atoms with Crippen molar-refractivity contribution in [1.29, 1.82) is 0 Å². The van der Waals surface area contributed by atoms with E-state index in [9.17, 15) is 4.79 Å². The Bertz CT molecular complexity index is 1570. The first-order valence-electron chi connectivity index (χ1n) is 14.9. The van der Waals surface area contributed by atoms with Crippen LogP contribution in [0.25, 0.3) is 21.8 Å². The molecule has 4 aromatic rings. The van der Waals surface area contributed by atoms with E-state index in [1.807, 2.05) is 19.1 Å². The number of morpholine rings is 2. The first-order chi connectivity index (χ1) is 21.1. The molecule has 0 radical (unpaired) electrons. The second kappa shape index (κ2) is 12.5. The molecule has 6 heterocycles. The van der Waals surface area contributed by atoms with Crippen molar-refractivity contribution in [3.05, 3.63) is 42.0 Å². The van der Waals surface area contributed by atoms with Gasteiger partial charge in [0.15, 0.2) is 16.5 Å². The molecule has 4 aromatic heterocycles. The van der Waals surface area contributed by atoms with E-state index in [0.29, 0.717) is 42.4 Å². The minimum Gasteiger partial charge on any atom is -0.473 e. The first-order valence-corrected chi connectivity index (χ1v) is 15.7. The highest BCUT2D eigenvalue weighted by atomic mass is 32.1. The summed E-state index contributed by atoms with van der Waals surface area (Å²) in [5, 5.41) is 3.88. The Labute approximate surface area is 253 Å². The van der Waals surface area contributed by atoms with Crippen molar-refractivity contribution >= 4 is 38.4 Å². The summed E-state index contributed by atoms with van der Waals surface area (Å²) in [4.78, 5) is 36.4. The summed E-state index contributed by atoms with van der Waals surface area (Å²) in [6.07, 6.45) is 7.01. The fourth-order valence-corrected chi connectivity index (χ4v) is 6.91. The van der Waals surface area contributed by atoms with Crippen LogP contribution in [0.2, 0.25) is 0 Å². The van der Waals surface area contributed by atoms with Gasteiger partial charge in [0.2, 0.25) is 11.8 Å². The number of aromatic nitrogens is 4. The number of nitrogens with zero attached hydrogens (tertiary/aromatic N) is 6. The van der Waals surface area contributed by atoms with Crippen LogP contribution in [-0.2, 0) is 9.47 Å². The van der Waals surface area contributed by atoms with Crippen molar-refractivity contribution in [1.82, 2.24) is 24.8 Å². The first kappa shape index (κ1) is 28.1. The summed E-state index contributed by atoms with van der Waals surface area (Å²) in [5.41, 5.74) is 2.86. The Kier molecular flexibility index (Phi) is 8.20. The lowest BCUT2D eigenvalue weighted by Crippen LogP contribution is -2.46. The van der Waals surface area contributed by atoms with Gasteiger partial charge in [-0.3, -0.25) is 14.7 Å². The van der Waals surface area contributed by atoms with Crippen LogP contribution in [0.1, 0.15) is 41.9 Å². The van der Waals surface area contributed by atoms with Crippen molar-refractivity contribution in [3.8, 4) is 17.3 Å². The zero-order valence-electron chi connectivity index (χ0n) is 24.2. The molecule has 13 heteroatoms. The summed E-state index contributed by atoms with van der Waals surface area (Å²) >= 11 is 1.55. The average molecular weight is 606 g/mol. The summed E-state index contributed by atoms with van der Waals surface area (Å²) < 4.78 is 24.1.